The Morgan fingerprint density at radius 1 is 1.18 bits per heavy atom. The molecule has 1 atom stereocenters. The van der Waals surface area contributed by atoms with Gasteiger partial charge in [0.15, 0.2) is 12.3 Å². The zero-order valence-corrected chi connectivity index (χ0v) is 12.5. The molecule has 0 aliphatic rings. The monoisotopic (exact) mass is 299 g/mol. The molecule has 22 heavy (non-hydrogen) atoms. The third-order valence-corrected chi connectivity index (χ3v) is 3.33. The van der Waals surface area contributed by atoms with E-state index in [1.807, 2.05) is 19.1 Å². The summed E-state index contributed by atoms with van der Waals surface area (Å²) in [6.45, 7) is 3.52. The van der Waals surface area contributed by atoms with Gasteiger partial charge in [0, 0.05) is 17.7 Å². The van der Waals surface area contributed by atoms with Crippen LogP contribution in [0.4, 0.5) is 0 Å². The number of carbonyl (C=O) groups is 2. The molecule has 0 fully saturated rings. The number of aryl methyl sites for hydroxylation is 1. The molecule has 114 valence electrons. The van der Waals surface area contributed by atoms with Gasteiger partial charge < -0.3 is 9.94 Å². The molecule has 0 aliphatic heterocycles. The molecule has 0 radical (unpaired) electrons. The Labute approximate surface area is 128 Å². The first-order chi connectivity index (χ1) is 10.5. The molecule has 0 spiro atoms. The summed E-state index contributed by atoms with van der Waals surface area (Å²) in [5.74, 6) is -1.12. The predicted molar refractivity (Wildman–Crippen MR) is 80.4 cm³/mol. The van der Waals surface area contributed by atoms with E-state index in [1.165, 1.54) is 25.3 Å². The van der Waals surface area contributed by atoms with E-state index < -0.39 is 12.1 Å². The number of carbonyl (C=O) groups excluding carboxylic acids is 2. The molecule has 2 rings (SSSR count). The highest BCUT2D eigenvalue weighted by atomic mass is 16.6. The quantitative estimate of drug-likeness (QED) is 0.368. The fourth-order valence-corrected chi connectivity index (χ4v) is 2.00. The largest absolute Gasteiger partial charge is 0.618 e. The van der Waals surface area contributed by atoms with Gasteiger partial charge in [0.2, 0.25) is 5.78 Å². The van der Waals surface area contributed by atoms with E-state index in [0.717, 1.165) is 12.0 Å². The molecule has 0 aliphatic carbocycles. The number of aromatic nitrogens is 1. The Morgan fingerprint density at radius 3 is 2.45 bits per heavy atom. The van der Waals surface area contributed by atoms with Crippen LogP contribution in [0.1, 0.15) is 40.3 Å². The van der Waals surface area contributed by atoms with Gasteiger partial charge in [-0.1, -0.05) is 31.2 Å². The topological polar surface area (TPSA) is 70.3 Å². The summed E-state index contributed by atoms with van der Waals surface area (Å²) in [6, 6.07) is 11.6. The first-order valence-electron chi connectivity index (χ1n) is 7.05. The Bertz CT molecular complexity index is 679. The lowest BCUT2D eigenvalue weighted by Crippen LogP contribution is -2.36. The number of Topliss-reactive ketones (excluding diaryl/α,β-unsaturated/α-hetero) is 1. The second kappa shape index (κ2) is 6.85. The minimum absolute atomic E-state index is 0.150. The molecule has 5 heteroatoms. The maximum absolute atomic E-state index is 12.2. The second-order valence-corrected chi connectivity index (χ2v) is 4.87. The van der Waals surface area contributed by atoms with Gasteiger partial charge in [-0.15, -0.1) is 0 Å². The van der Waals surface area contributed by atoms with Crippen LogP contribution >= 0.6 is 0 Å². The number of hydrogen-bond acceptors (Lipinski definition) is 4. The fraction of sp³-hybridized carbons (Fsp3) is 0.235. The molecule has 1 aromatic heterocycles. The normalized spacial score (nSPS) is 11.7. The highest BCUT2D eigenvalue weighted by molar-refractivity contribution is 6.01. The molecular weight excluding hydrogens is 282 g/mol. The number of ether oxygens (including phenoxy) is 1. The summed E-state index contributed by atoms with van der Waals surface area (Å²) in [6.07, 6.45) is 1.13. The molecule has 1 heterocycles. The van der Waals surface area contributed by atoms with Gasteiger partial charge in [-0.25, -0.2) is 4.79 Å². The van der Waals surface area contributed by atoms with Crippen LogP contribution in [-0.4, -0.2) is 17.9 Å². The van der Waals surface area contributed by atoms with E-state index >= 15 is 0 Å². The van der Waals surface area contributed by atoms with Crippen LogP contribution in [0.3, 0.4) is 0 Å². The Kier molecular flexibility index (Phi) is 4.88. The predicted octanol–water partition coefficient (Wildman–Crippen LogP) is 2.31. The lowest BCUT2D eigenvalue weighted by molar-refractivity contribution is -0.608. The minimum atomic E-state index is -0.958. The first kappa shape index (κ1) is 15.7. The molecule has 5 nitrogen and oxygen atoms in total. The zero-order chi connectivity index (χ0) is 16.1. The standard InChI is InChI=1S/C17H17NO4/c1-3-13-7-9-14(10-8-13)16(19)12(2)22-17(20)15-6-4-5-11-18(15)21/h4-12H,3H2,1-2H3/t12-/m1/s1. The molecule has 2 aromatic rings. The summed E-state index contributed by atoms with van der Waals surface area (Å²) in [7, 11) is 0. The van der Waals surface area contributed by atoms with Gasteiger partial charge in [-0.3, -0.25) is 4.79 Å². The van der Waals surface area contributed by atoms with Crippen molar-refractivity contribution in [2.75, 3.05) is 0 Å². The number of rotatable bonds is 5. The van der Waals surface area contributed by atoms with E-state index in [2.05, 4.69) is 0 Å². The van der Waals surface area contributed by atoms with Crippen molar-refractivity contribution < 1.29 is 19.1 Å². The number of benzene rings is 1. The average molecular weight is 299 g/mol. The van der Waals surface area contributed by atoms with Crippen LogP contribution < -0.4 is 4.73 Å². The molecule has 0 amide bonds. The van der Waals surface area contributed by atoms with Crippen molar-refractivity contribution >= 4 is 11.8 Å². The highest BCUT2D eigenvalue weighted by Gasteiger charge is 2.24. The van der Waals surface area contributed by atoms with Crippen molar-refractivity contribution in [2.45, 2.75) is 26.4 Å². The van der Waals surface area contributed by atoms with E-state index in [1.54, 1.807) is 18.2 Å². The first-order valence-corrected chi connectivity index (χ1v) is 7.05. The summed E-state index contributed by atoms with van der Waals surface area (Å²) >= 11 is 0. The molecule has 0 unspecified atom stereocenters. The number of nitrogens with zero attached hydrogens (tertiary/aromatic N) is 1. The minimum Gasteiger partial charge on any atom is -0.618 e. The van der Waals surface area contributed by atoms with Crippen molar-refractivity contribution in [3.05, 3.63) is 70.7 Å². The van der Waals surface area contributed by atoms with Gasteiger partial charge in [0.1, 0.15) is 0 Å². The molecule has 0 saturated carbocycles. The van der Waals surface area contributed by atoms with Crippen molar-refractivity contribution in [3.63, 3.8) is 0 Å². The lowest BCUT2D eigenvalue weighted by atomic mass is 10.0. The van der Waals surface area contributed by atoms with E-state index in [4.69, 9.17) is 4.74 Å². The lowest BCUT2D eigenvalue weighted by Gasteiger charge is -2.12. The van der Waals surface area contributed by atoms with Crippen molar-refractivity contribution in [2.24, 2.45) is 0 Å². The van der Waals surface area contributed by atoms with Crippen LogP contribution in [0.15, 0.2) is 48.7 Å². The van der Waals surface area contributed by atoms with E-state index in [9.17, 15) is 14.8 Å². The molecule has 0 bridgehead atoms. The van der Waals surface area contributed by atoms with Gasteiger partial charge in [-0.05, 0) is 25.0 Å². The maximum Gasteiger partial charge on any atom is 0.405 e. The zero-order valence-electron chi connectivity index (χ0n) is 12.5. The highest BCUT2D eigenvalue weighted by Crippen LogP contribution is 2.10. The van der Waals surface area contributed by atoms with Gasteiger partial charge in [-0.2, -0.15) is 4.73 Å². The number of hydrogen-bond donors (Lipinski definition) is 0. The smallest absolute Gasteiger partial charge is 0.405 e. The Hall–Kier alpha value is -2.69. The summed E-state index contributed by atoms with van der Waals surface area (Å²) in [4.78, 5) is 24.2. The third-order valence-electron chi connectivity index (χ3n) is 3.33. The van der Waals surface area contributed by atoms with Crippen LogP contribution in [0.25, 0.3) is 0 Å². The number of pyridine rings is 1. The summed E-state index contributed by atoms with van der Waals surface area (Å²) in [5.41, 5.74) is 1.45. The van der Waals surface area contributed by atoms with Crippen molar-refractivity contribution in [1.29, 1.82) is 0 Å². The van der Waals surface area contributed by atoms with E-state index in [0.29, 0.717) is 10.3 Å². The molecule has 0 N–H and O–H groups in total. The summed E-state index contributed by atoms with van der Waals surface area (Å²) in [5, 5.41) is 11.5. The SMILES string of the molecule is CCc1ccc(C(=O)[C@@H](C)OC(=O)c2cccc[n+]2[O-])cc1. The molecule has 1 aromatic carbocycles. The van der Waals surface area contributed by atoms with Crippen LogP contribution in [0, 0.1) is 5.21 Å². The second-order valence-electron chi connectivity index (χ2n) is 4.87. The van der Waals surface area contributed by atoms with Gasteiger partial charge in [0.05, 0.1) is 0 Å². The van der Waals surface area contributed by atoms with Crippen LogP contribution in [0.2, 0.25) is 0 Å². The number of ketones is 1. The fourth-order valence-electron chi connectivity index (χ4n) is 2.00. The Balaban J connectivity index is 2.07. The van der Waals surface area contributed by atoms with Crippen molar-refractivity contribution in [3.8, 4) is 0 Å². The number of esters is 1. The van der Waals surface area contributed by atoms with Crippen molar-refractivity contribution in [1.82, 2.24) is 0 Å². The van der Waals surface area contributed by atoms with E-state index in [-0.39, 0.29) is 11.5 Å². The van der Waals surface area contributed by atoms with Crippen LogP contribution in [-0.2, 0) is 11.2 Å². The summed E-state index contributed by atoms with van der Waals surface area (Å²) < 4.78 is 5.49. The average Bonchev–Trinajstić information content (AvgIpc) is 2.54. The van der Waals surface area contributed by atoms with Gasteiger partial charge in [0.25, 0.3) is 0 Å². The van der Waals surface area contributed by atoms with Crippen LogP contribution in [0.5, 0.6) is 0 Å². The molecular formula is C17H17NO4. The third kappa shape index (κ3) is 3.49. The van der Waals surface area contributed by atoms with Gasteiger partial charge >= 0.3 is 11.7 Å². The Morgan fingerprint density at radius 2 is 1.86 bits per heavy atom. The maximum atomic E-state index is 12.2. The molecule has 0 saturated heterocycles.